The maximum Gasteiger partial charge on any atom is 0.264 e. The minimum absolute atomic E-state index is 0.0369. The van der Waals surface area contributed by atoms with Gasteiger partial charge < -0.3 is 19.2 Å². The standard InChI is InChI=1S/C23H26N2O6S/c1-29-18-11-13-20(14-12-18)32(27,28)25(21-9-3-4-10-22(21)30-2)17-23(26)24-15-5-7-19-8-6-16-31-19/h3-4,6,8-14,16H,5,7,15,17H2,1-2H3,(H,24,26). The van der Waals surface area contributed by atoms with E-state index in [1.54, 1.807) is 42.7 Å². The molecule has 0 saturated heterocycles. The van der Waals surface area contributed by atoms with E-state index in [1.165, 1.54) is 26.4 Å². The van der Waals surface area contributed by atoms with Crippen molar-refractivity contribution < 1.29 is 27.1 Å². The van der Waals surface area contributed by atoms with Crippen LogP contribution in [0.2, 0.25) is 0 Å². The molecule has 8 nitrogen and oxygen atoms in total. The predicted molar refractivity (Wildman–Crippen MR) is 121 cm³/mol. The van der Waals surface area contributed by atoms with E-state index in [0.29, 0.717) is 30.9 Å². The van der Waals surface area contributed by atoms with E-state index in [1.807, 2.05) is 12.1 Å². The lowest BCUT2D eigenvalue weighted by molar-refractivity contribution is -0.119. The molecular weight excluding hydrogens is 432 g/mol. The summed E-state index contributed by atoms with van der Waals surface area (Å²) < 4.78 is 43.7. The molecule has 0 radical (unpaired) electrons. The summed E-state index contributed by atoms with van der Waals surface area (Å²) in [4.78, 5) is 12.7. The van der Waals surface area contributed by atoms with Crippen LogP contribution in [-0.2, 0) is 21.2 Å². The minimum atomic E-state index is -4.05. The van der Waals surface area contributed by atoms with Crippen LogP contribution in [0.3, 0.4) is 0 Å². The number of amides is 1. The average Bonchev–Trinajstić information content (AvgIpc) is 3.34. The van der Waals surface area contributed by atoms with Crippen molar-refractivity contribution in [3.63, 3.8) is 0 Å². The van der Waals surface area contributed by atoms with E-state index in [9.17, 15) is 13.2 Å². The predicted octanol–water partition coefficient (Wildman–Crippen LogP) is 3.24. The van der Waals surface area contributed by atoms with E-state index >= 15 is 0 Å². The zero-order chi connectivity index (χ0) is 23.0. The van der Waals surface area contributed by atoms with Crippen LogP contribution in [0.4, 0.5) is 5.69 Å². The number of para-hydroxylation sites is 2. The molecule has 1 amide bonds. The summed E-state index contributed by atoms with van der Waals surface area (Å²) in [6.45, 7) is -0.00261. The fraction of sp³-hybridized carbons (Fsp3) is 0.261. The summed E-state index contributed by atoms with van der Waals surface area (Å²) in [6, 6.07) is 16.3. The number of benzene rings is 2. The number of nitrogens with zero attached hydrogens (tertiary/aromatic N) is 1. The van der Waals surface area contributed by atoms with Gasteiger partial charge in [-0.1, -0.05) is 12.1 Å². The number of carbonyl (C=O) groups excluding carboxylic acids is 1. The number of nitrogens with one attached hydrogen (secondary N) is 1. The van der Waals surface area contributed by atoms with Gasteiger partial charge in [-0.3, -0.25) is 9.10 Å². The summed E-state index contributed by atoms with van der Waals surface area (Å²) >= 11 is 0. The van der Waals surface area contributed by atoms with Crippen LogP contribution < -0.4 is 19.1 Å². The highest BCUT2D eigenvalue weighted by Gasteiger charge is 2.29. The highest BCUT2D eigenvalue weighted by Crippen LogP contribution is 2.32. The third kappa shape index (κ3) is 5.61. The molecule has 2 aromatic carbocycles. The average molecular weight is 459 g/mol. The van der Waals surface area contributed by atoms with Crippen molar-refractivity contribution in [3.05, 3.63) is 72.7 Å². The van der Waals surface area contributed by atoms with Crippen LogP contribution in [0.25, 0.3) is 0 Å². The van der Waals surface area contributed by atoms with Gasteiger partial charge in [-0.15, -0.1) is 0 Å². The van der Waals surface area contributed by atoms with Crippen LogP contribution >= 0.6 is 0 Å². The number of carbonyl (C=O) groups is 1. The second kappa shape index (κ2) is 10.7. The fourth-order valence-corrected chi connectivity index (χ4v) is 4.57. The summed E-state index contributed by atoms with van der Waals surface area (Å²) in [5.41, 5.74) is 0.275. The molecule has 0 unspecified atom stereocenters. The zero-order valence-corrected chi connectivity index (χ0v) is 18.8. The van der Waals surface area contributed by atoms with Crippen molar-refractivity contribution in [2.75, 3.05) is 31.6 Å². The maximum atomic E-state index is 13.5. The molecular formula is C23H26N2O6S. The maximum absolute atomic E-state index is 13.5. The third-order valence-corrected chi connectivity index (χ3v) is 6.56. The number of ether oxygens (including phenoxy) is 2. The summed E-state index contributed by atoms with van der Waals surface area (Å²) in [5, 5.41) is 2.78. The van der Waals surface area contributed by atoms with E-state index in [4.69, 9.17) is 13.9 Å². The molecule has 1 aromatic heterocycles. The van der Waals surface area contributed by atoms with Gasteiger partial charge in [-0.25, -0.2) is 8.42 Å². The molecule has 0 fully saturated rings. The number of hydrogen-bond acceptors (Lipinski definition) is 6. The van der Waals surface area contributed by atoms with Crippen molar-refractivity contribution in [1.29, 1.82) is 0 Å². The second-order valence-electron chi connectivity index (χ2n) is 6.89. The molecule has 0 atom stereocenters. The molecule has 32 heavy (non-hydrogen) atoms. The molecule has 0 bridgehead atoms. The largest absolute Gasteiger partial charge is 0.497 e. The SMILES string of the molecule is COc1ccc(S(=O)(=O)N(CC(=O)NCCCc2ccco2)c2ccccc2OC)cc1. The summed E-state index contributed by atoms with van der Waals surface area (Å²) in [7, 11) is -1.10. The first-order valence-corrected chi connectivity index (χ1v) is 11.5. The highest BCUT2D eigenvalue weighted by molar-refractivity contribution is 7.92. The number of anilines is 1. The number of methoxy groups -OCH3 is 2. The molecule has 0 saturated carbocycles. The van der Waals surface area contributed by atoms with Crippen LogP contribution in [0.15, 0.2) is 76.2 Å². The van der Waals surface area contributed by atoms with E-state index in [-0.39, 0.29) is 10.6 Å². The molecule has 0 aliphatic carbocycles. The van der Waals surface area contributed by atoms with Crippen LogP contribution in [0, 0.1) is 0 Å². The first kappa shape index (κ1) is 23.2. The van der Waals surface area contributed by atoms with Gasteiger partial charge in [0.1, 0.15) is 23.8 Å². The van der Waals surface area contributed by atoms with Gasteiger partial charge in [-0.05, 0) is 55.0 Å². The number of sulfonamides is 1. The van der Waals surface area contributed by atoms with E-state index in [0.717, 1.165) is 10.1 Å². The first-order chi connectivity index (χ1) is 15.5. The monoisotopic (exact) mass is 458 g/mol. The first-order valence-electron chi connectivity index (χ1n) is 10.0. The fourth-order valence-electron chi connectivity index (χ4n) is 3.14. The lowest BCUT2D eigenvalue weighted by Gasteiger charge is -2.25. The molecule has 0 spiro atoms. The Kier molecular flexibility index (Phi) is 7.77. The number of aryl methyl sites for hydroxylation is 1. The molecule has 0 aliphatic heterocycles. The number of furan rings is 1. The molecule has 3 rings (SSSR count). The molecule has 1 N–H and O–H groups in total. The van der Waals surface area contributed by atoms with Crippen LogP contribution in [0.1, 0.15) is 12.2 Å². The lowest BCUT2D eigenvalue weighted by atomic mass is 10.2. The van der Waals surface area contributed by atoms with Gasteiger partial charge in [0.15, 0.2) is 0 Å². The smallest absolute Gasteiger partial charge is 0.264 e. The molecule has 0 aliphatic rings. The van der Waals surface area contributed by atoms with Gasteiger partial charge in [0.05, 0.1) is 31.1 Å². The summed E-state index contributed by atoms with van der Waals surface area (Å²) in [5.74, 6) is 1.28. The Labute approximate surface area is 187 Å². The Bertz CT molecular complexity index is 1110. The topological polar surface area (TPSA) is 98.1 Å². The quantitative estimate of drug-likeness (QED) is 0.443. The minimum Gasteiger partial charge on any atom is -0.497 e. The second-order valence-corrected chi connectivity index (χ2v) is 8.75. The molecule has 1 heterocycles. The van der Waals surface area contributed by atoms with E-state index in [2.05, 4.69) is 5.32 Å². The van der Waals surface area contributed by atoms with Gasteiger partial charge >= 0.3 is 0 Å². The van der Waals surface area contributed by atoms with Crippen LogP contribution in [0.5, 0.6) is 11.5 Å². The van der Waals surface area contributed by atoms with Crippen LogP contribution in [-0.4, -0.2) is 41.6 Å². The van der Waals surface area contributed by atoms with E-state index < -0.39 is 22.5 Å². The Balaban J connectivity index is 1.79. The van der Waals surface area contributed by atoms with Crippen molar-refractivity contribution in [1.82, 2.24) is 5.32 Å². The number of hydrogen-bond donors (Lipinski definition) is 1. The Hall–Kier alpha value is -3.46. The summed E-state index contributed by atoms with van der Waals surface area (Å²) in [6.07, 6.45) is 2.94. The van der Waals surface area contributed by atoms with Crippen molar-refractivity contribution in [2.24, 2.45) is 0 Å². The third-order valence-electron chi connectivity index (χ3n) is 4.79. The molecule has 170 valence electrons. The Morgan fingerprint density at radius 1 is 1.00 bits per heavy atom. The van der Waals surface area contributed by atoms with Crippen molar-refractivity contribution in [2.45, 2.75) is 17.7 Å². The van der Waals surface area contributed by atoms with Gasteiger partial charge in [0.2, 0.25) is 5.91 Å². The molecule has 3 aromatic rings. The molecule has 9 heteroatoms. The van der Waals surface area contributed by atoms with Gasteiger partial charge in [0, 0.05) is 13.0 Å². The normalized spacial score (nSPS) is 11.1. The Morgan fingerprint density at radius 2 is 1.75 bits per heavy atom. The van der Waals surface area contributed by atoms with Gasteiger partial charge in [0.25, 0.3) is 10.0 Å². The van der Waals surface area contributed by atoms with Gasteiger partial charge in [-0.2, -0.15) is 0 Å². The zero-order valence-electron chi connectivity index (χ0n) is 18.0. The lowest BCUT2D eigenvalue weighted by Crippen LogP contribution is -2.41. The number of rotatable bonds is 11. The van der Waals surface area contributed by atoms with Crippen molar-refractivity contribution >= 4 is 21.6 Å². The highest BCUT2D eigenvalue weighted by atomic mass is 32.2. The Morgan fingerprint density at radius 3 is 2.41 bits per heavy atom. The van der Waals surface area contributed by atoms with Crippen molar-refractivity contribution in [3.8, 4) is 11.5 Å².